The largest absolute Gasteiger partial charge is 0.261 e. The lowest BCUT2D eigenvalue weighted by molar-refractivity contribution is 0.748. The highest BCUT2D eigenvalue weighted by Gasteiger charge is 2.08. The quantitative estimate of drug-likeness (QED) is 0.700. The summed E-state index contributed by atoms with van der Waals surface area (Å²) in [5, 5.41) is 4.83. The first-order valence-corrected chi connectivity index (χ1v) is 4.55. The van der Waals surface area contributed by atoms with Gasteiger partial charge in [0.1, 0.15) is 5.52 Å². The molecule has 0 aliphatic carbocycles. The van der Waals surface area contributed by atoms with E-state index in [4.69, 9.17) is 11.6 Å². The van der Waals surface area contributed by atoms with Crippen molar-refractivity contribution in [2.24, 2.45) is 0 Å². The fourth-order valence-electron chi connectivity index (χ4n) is 1.29. The Morgan fingerprint density at radius 3 is 2.77 bits per heavy atom. The van der Waals surface area contributed by atoms with Crippen LogP contribution in [0.2, 0.25) is 5.02 Å². The standard InChI is InChI=1S/C9H10ClN3/c1-6(2)8-4-11-5-9-7(10)3-12-13(8)9/h3-6H,1-2H3. The van der Waals surface area contributed by atoms with E-state index in [1.165, 1.54) is 0 Å². The first-order chi connectivity index (χ1) is 6.20. The lowest BCUT2D eigenvalue weighted by Gasteiger charge is -2.06. The smallest absolute Gasteiger partial charge is 0.103 e. The average molecular weight is 196 g/mol. The van der Waals surface area contributed by atoms with E-state index in [9.17, 15) is 0 Å². The summed E-state index contributed by atoms with van der Waals surface area (Å²) in [7, 11) is 0. The molecule has 0 amide bonds. The number of nitrogens with zero attached hydrogens (tertiary/aromatic N) is 3. The van der Waals surface area contributed by atoms with Crippen LogP contribution in [-0.4, -0.2) is 14.6 Å². The van der Waals surface area contributed by atoms with Gasteiger partial charge in [0.25, 0.3) is 0 Å². The van der Waals surface area contributed by atoms with Crippen LogP contribution in [0.4, 0.5) is 0 Å². The van der Waals surface area contributed by atoms with Gasteiger partial charge in [-0.15, -0.1) is 0 Å². The Labute approximate surface area is 81.4 Å². The molecule has 4 heteroatoms. The summed E-state index contributed by atoms with van der Waals surface area (Å²) in [6.45, 7) is 4.21. The van der Waals surface area contributed by atoms with Crippen LogP contribution in [0.15, 0.2) is 18.6 Å². The number of hydrogen-bond donors (Lipinski definition) is 0. The zero-order valence-electron chi connectivity index (χ0n) is 7.53. The van der Waals surface area contributed by atoms with Gasteiger partial charge in [-0.3, -0.25) is 4.98 Å². The molecule has 0 N–H and O–H groups in total. The topological polar surface area (TPSA) is 30.2 Å². The molecular formula is C9H10ClN3. The number of fused-ring (bicyclic) bond motifs is 1. The Morgan fingerprint density at radius 1 is 1.31 bits per heavy atom. The summed E-state index contributed by atoms with van der Waals surface area (Å²) < 4.78 is 1.83. The van der Waals surface area contributed by atoms with E-state index in [0.29, 0.717) is 10.9 Å². The SMILES string of the molecule is CC(C)c1cncc2c(Cl)cnn12. The molecule has 2 aromatic heterocycles. The van der Waals surface area contributed by atoms with Crippen LogP contribution in [0, 0.1) is 0 Å². The zero-order valence-corrected chi connectivity index (χ0v) is 8.28. The van der Waals surface area contributed by atoms with Crippen LogP contribution in [0.5, 0.6) is 0 Å². The summed E-state index contributed by atoms with van der Waals surface area (Å²) in [4.78, 5) is 4.12. The monoisotopic (exact) mass is 195 g/mol. The van der Waals surface area contributed by atoms with Gasteiger partial charge < -0.3 is 0 Å². The van der Waals surface area contributed by atoms with Crippen molar-refractivity contribution in [3.05, 3.63) is 29.3 Å². The van der Waals surface area contributed by atoms with Gasteiger partial charge in [-0.2, -0.15) is 5.10 Å². The molecule has 2 rings (SSSR count). The van der Waals surface area contributed by atoms with Crippen LogP contribution >= 0.6 is 11.6 Å². The number of halogens is 1. The minimum absolute atomic E-state index is 0.396. The molecule has 0 atom stereocenters. The van der Waals surface area contributed by atoms with E-state index in [1.54, 1.807) is 12.4 Å². The Bertz CT molecular complexity index is 433. The average Bonchev–Trinajstić information content (AvgIpc) is 2.48. The molecule has 3 nitrogen and oxygen atoms in total. The molecule has 2 heterocycles. The van der Waals surface area contributed by atoms with E-state index in [0.717, 1.165) is 11.2 Å². The molecule has 0 saturated heterocycles. The van der Waals surface area contributed by atoms with Crippen molar-refractivity contribution >= 4 is 17.1 Å². The lowest BCUT2D eigenvalue weighted by atomic mass is 10.1. The van der Waals surface area contributed by atoms with Gasteiger partial charge in [-0.1, -0.05) is 25.4 Å². The molecule has 0 fully saturated rings. The highest BCUT2D eigenvalue weighted by atomic mass is 35.5. The zero-order chi connectivity index (χ0) is 9.42. The molecule has 13 heavy (non-hydrogen) atoms. The van der Waals surface area contributed by atoms with Gasteiger partial charge in [-0.25, -0.2) is 4.52 Å². The Morgan fingerprint density at radius 2 is 2.08 bits per heavy atom. The van der Waals surface area contributed by atoms with Crippen LogP contribution in [0.3, 0.4) is 0 Å². The first-order valence-electron chi connectivity index (χ1n) is 4.17. The van der Waals surface area contributed by atoms with Gasteiger partial charge >= 0.3 is 0 Å². The second-order valence-electron chi connectivity index (χ2n) is 3.28. The molecule has 2 aromatic rings. The summed E-state index contributed by atoms with van der Waals surface area (Å²) in [5.74, 6) is 0.396. The van der Waals surface area contributed by atoms with Gasteiger partial charge in [0.15, 0.2) is 0 Å². The van der Waals surface area contributed by atoms with Crippen molar-refractivity contribution in [2.75, 3.05) is 0 Å². The molecule has 0 aliphatic rings. The van der Waals surface area contributed by atoms with Crippen LogP contribution in [-0.2, 0) is 0 Å². The Balaban J connectivity index is 2.77. The van der Waals surface area contributed by atoms with E-state index in [2.05, 4.69) is 23.9 Å². The predicted octanol–water partition coefficient (Wildman–Crippen LogP) is 2.51. The highest BCUT2D eigenvalue weighted by Crippen LogP contribution is 2.20. The molecule has 0 bridgehead atoms. The van der Waals surface area contributed by atoms with Gasteiger partial charge in [0.05, 0.1) is 23.1 Å². The van der Waals surface area contributed by atoms with E-state index >= 15 is 0 Å². The molecule has 0 spiro atoms. The highest BCUT2D eigenvalue weighted by molar-refractivity contribution is 6.33. The van der Waals surface area contributed by atoms with E-state index in [-0.39, 0.29) is 0 Å². The fraction of sp³-hybridized carbons (Fsp3) is 0.333. The van der Waals surface area contributed by atoms with E-state index < -0.39 is 0 Å². The molecule has 0 radical (unpaired) electrons. The summed E-state index contributed by atoms with van der Waals surface area (Å²) in [6.07, 6.45) is 5.19. The molecule has 0 aliphatic heterocycles. The minimum Gasteiger partial charge on any atom is -0.261 e. The van der Waals surface area contributed by atoms with Gasteiger partial charge in [0.2, 0.25) is 0 Å². The normalized spacial score (nSPS) is 11.4. The number of hydrogen-bond acceptors (Lipinski definition) is 2. The first kappa shape index (κ1) is 8.51. The maximum atomic E-state index is 5.93. The van der Waals surface area contributed by atoms with Crippen LogP contribution in [0.1, 0.15) is 25.5 Å². The predicted molar refractivity (Wildman–Crippen MR) is 52.1 cm³/mol. The fourth-order valence-corrected chi connectivity index (χ4v) is 1.47. The van der Waals surface area contributed by atoms with Gasteiger partial charge in [0, 0.05) is 6.20 Å². The van der Waals surface area contributed by atoms with Crippen molar-refractivity contribution in [1.29, 1.82) is 0 Å². The summed E-state index contributed by atoms with van der Waals surface area (Å²) >= 11 is 5.93. The lowest BCUT2D eigenvalue weighted by Crippen LogP contribution is -2.00. The third-order valence-electron chi connectivity index (χ3n) is 2.00. The Hall–Kier alpha value is -1.09. The molecular weight excluding hydrogens is 186 g/mol. The molecule has 0 aromatic carbocycles. The van der Waals surface area contributed by atoms with Crippen molar-refractivity contribution in [2.45, 2.75) is 19.8 Å². The molecule has 0 unspecified atom stereocenters. The van der Waals surface area contributed by atoms with Crippen molar-refractivity contribution in [3.8, 4) is 0 Å². The Kier molecular flexibility index (Phi) is 1.96. The van der Waals surface area contributed by atoms with Crippen molar-refractivity contribution in [3.63, 3.8) is 0 Å². The van der Waals surface area contributed by atoms with E-state index in [1.807, 2.05) is 10.7 Å². The summed E-state index contributed by atoms with van der Waals surface area (Å²) in [5.41, 5.74) is 1.94. The van der Waals surface area contributed by atoms with Crippen molar-refractivity contribution < 1.29 is 0 Å². The van der Waals surface area contributed by atoms with Crippen LogP contribution in [0.25, 0.3) is 5.52 Å². The maximum absolute atomic E-state index is 5.93. The number of aromatic nitrogens is 3. The molecule has 68 valence electrons. The second kappa shape index (κ2) is 3.00. The van der Waals surface area contributed by atoms with Crippen LogP contribution < -0.4 is 0 Å². The second-order valence-corrected chi connectivity index (χ2v) is 3.68. The molecule has 0 saturated carbocycles. The van der Waals surface area contributed by atoms with Crippen molar-refractivity contribution in [1.82, 2.24) is 14.6 Å². The third kappa shape index (κ3) is 1.29. The van der Waals surface area contributed by atoms with Gasteiger partial charge in [-0.05, 0) is 5.92 Å². The minimum atomic E-state index is 0.396. The maximum Gasteiger partial charge on any atom is 0.103 e. The number of rotatable bonds is 1. The summed E-state index contributed by atoms with van der Waals surface area (Å²) in [6, 6.07) is 0. The third-order valence-corrected chi connectivity index (χ3v) is 2.29.